The molecule has 1 aliphatic heterocycles. The van der Waals surface area contributed by atoms with Gasteiger partial charge in [-0.15, -0.1) is 0 Å². The van der Waals surface area contributed by atoms with E-state index in [1.54, 1.807) is 6.08 Å². The van der Waals surface area contributed by atoms with Gasteiger partial charge in [-0.05, 0) is 72.6 Å². The molecule has 4 rings (SSSR count). The fourth-order valence-corrected chi connectivity index (χ4v) is 4.86. The molecule has 5 nitrogen and oxygen atoms in total. The molecule has 2 amide bonds. The molecule has 3 aromatic carbocycles. The zero-order valence-corrected chi connectivity index (χ0v) is 21.3. The van der Waals surface area contributed by atoms with Gasteiger partial charge in [0, 0.05) is 4.47 Å². The number of hydrogen-bond donors (Lipinski definition) is 0. The van der Waals surface area contributed by atoms with Crippen molar-refractivity contribution in [3.05, 3.63) is 98.4 Å². The molecular weight excluding hydrogens is 514 g/mol. The van der Waals surface area contributed by atoms with Gasteiger partial charge in [0.15, 0.2) is 11.5 Å². The van der Waals surface area contributed by atoms with Crippen molar-refractivity contribution in [2.24, 2.45) is 0 Å². The van der Waals surface area contributed by atoms with E-state index in [2.05, 4.69) is 22.0 Å². The van der Waals surface area contributed by atoms with Gasteiger partial charge in [-0.2, -0.15) is 0 Å². The maximum Gasteiger partial charge on any atom is 0.293 e. The van der Waals surface area contributed by atoms with Gasteiger partial charge in [-0.3, -0.25) is 14.5 Å². The van der Waals surface area contributed by atoms with Crippen molar-refractivity contribution in [3.8, 4) is 11.5 Å². The third-order valence-electron chi connectivity index (χ3n) is 5.15. The number of imide groups is 1. The number of amides is 2. The van der Waals surface area contributed by atoms with Crippen LogP contribution < -0.4 is 9.47 Å². The number of aryl methyl sites for hydroxylation is 1. The summed E-state index contributed by atoms with van der Waals surface area (Å²) < 4.78 is 12.7. The zero-order valence-electron chi connectivity index (χ0n) is 18.9. The number of rotatable bonds is 8. The molecule has 0 aliphatic carbocycles. The molecule has 0 unspecified atom stereocenters. The summed E-state index contributed by atoms with van der Waals surface area (Å²) in [4.78, 5) is 27.1. The summed E-state index contributed by atoms with van der Waals surface area (Å²) in [6, 6.07) is 21.2. The van der Waals surface area contributed by atoms with Crippen LogP contribution in [0.3, 0.4) is 0 Å². The van der Waals surface area contributed by atoms with Crippen molar-refractivity contribution >= 4 is 44.9 Å². The van der Waals surface area contributed by atoms with E-state index in [9.17, 15) is 9.59 Å². The molecule has 3 aromatic rings. The lowest BCUT2D eigenvalue weighted by atomic mass is 10.1. The van der Waals surface area contributed by atoms with Crippen molar-refractivity contribution in [2.45, 2.75) is 27.0 Å². The third-order valence-corrected chi connectivity index (χ3v) is 6.55. The Morgan fingerprint density at radius 1 is 0.941 bits per heavy atom. The Morgan fingerprint density at radius 2 is 1.74 bits per heavy atom. The molecule has 7 heteroatoms. The van der Waals surface area contributed by atoms with E-state index in [4.69, 9.17) is 9.47 Å². The van der Waals surface area contributed by atoms with Crippen LogP contribution in [0.4, 0.5) is 4.79 Å². The molecule has 1 saturated heterocycles. The van der Waals surface area contributed by atoms with Crippen molar-refractivity contribution in [3.63, 3.8) is 0 Å². The molecule has 0 bridgehead atoms. The quantitative estimate of drug-likeness (QED) is 0.290. The zero-order chi connectivity index (χ0) is 24.1. The van der Waals surface area contributed by atoms with E-state index >= 15 is 0 Å². The molecule has 0 aromatic heterocycles. The average molecular weight is 538 g/mol. The number of carbonyl (C=O) groups excluding carboxylic acids is 2. The predicted molar refractivity (Wildman–Crippen MR) is 139 cm³/mol. The topological polar surface area (TPSA) is 55.8 Å². The molecule has 0 N–H and O–H groups in total. The lowest BCUT2D eigenvalue weighted by molar-refractivity contribution is -0.123. The Bertz CT molecular complexity index is 1260. The first-order valence-electron chi connectivity index (χ1n) is 10.9. The number of nitrogens with zero attached hydrogens (tertiary/aromatic N) is 1. The highest BCUT2D eigenvalue weighted by atomic mass is 79.9. The van der Waals surface area contributed by atoms with E-state index in [-0.39, 0.29) is 17.7 Å². The van der Waals surface area contributed by atoms with E-state index in [1.165, 1.54) is 10.5 Å². The SMILES string of the molecule is CCOc1cc(/C=C2\SC(=O)N(Cc3cccc(Br)c3)C2=O)ccc1OCc1cccc(C)c1. The molecule has 0 saturated carbocycles. The first-order chi connectivity index (χ1) is 16.4. The van der Waals surface area contributed by atoms with E-state index < -0.39 is 0 Å². The number of carbonyl (C=O) groups is 2. The highest BCUT2D eigenvalue weighted by Gasteiger charge is 2.35. The number of hydrogen-bond acceptors (Lipinski definition) is 5. The van der Waals surface area contributed by atoms with Crippen LogP contribution in [0.25, 0.3) is 6.08 Å². The standard InChI is InChI=1S/C27H24BrNO4S/c1-3-32-24-14-19(10-11-23(24)33-17-21-8-4-6-18(2)12-21)15-25-26(30)29(27(31)34-25)16-20-7-5-9-22(28)13-20/h4-15H,3,16-17H2,1-2H3/b25-15-. The molecule has 174 valence electrons. The van der Waals surface area contributed by atoms with Crippen LogP contribution in [-0.2, 0) is 17.9 Å². The first kappa shape index (κ1) is 24.1. The summed E-state index contributed by atoms with van der Waals surface area (Å²) in [5.41, 5.74) is 3.90. The average Bonchev–Trinajstić information content (AvgIpc) is 3.06. The third kappa shape index (κ3) is 5.90. The molecule has 1 heterocycles. The van der Waals surface area contributed by atoms with Crippen LogP contribution in [0.2, 0.25) is 0 Å². The molecule has 1 fully saturated rings. The monoisotopic (exact) mass is 537 g/mol. The minimum Gasteiger partial charge on any atom is -0.490 e. The van der Waals surface area contributed by atoms with Gasteiger partial charge in [0.1, 0.15) is 6.61 Å². The molecule has 0 radical (unpaired) electrons. The summed E-state index contributed by atoms with van der Waals surface area (Å²) in [6.45, 7) is 5.09. The van der Waals surface area contributed by atoms with Crippen LogP contribution in [0.1, 0.15) is 29.2 Å². The fourth-order valence-electron chi connectivity index (χ4n) is 3.57. The van der Waals surface area contributed by atoms with Crippen molar-refractivity contribution in [1.82, 2.24) is 4.90 Å². The second kappa shape index (κ2) is 10.9. The summed E-state index contributed by atoms with van der Waals surface area (Å²) in [7, 11) is 0. The maximum absolute atomic E-state index is 12.9. The van der Waals surface area contributed by atoms with E-state index in [1.807, 2.05) is 74.5 Å². The second-order valence-electron chi connectivity index (χ2n) is 7.81. The Labute approximate surface area is 211 Å². The van der Waals surface area contributed by atoms with Gasteiger partial charge < -0.3 is 9.47 Å². The molecular formula is C27H24BrNO4S. The normalized spacial score (nSPS) is 14.7. The summed E-state index contributed by atoms with van der Waals surface area (Å²) in [5, 5.41) is -0.278. The summed E-state index contributed by atoms with van der Waals surface area (Å²) >= 11 is 4.37. The molecule has 1 aliphatic rings. The van der Waals surface area contributed by atoms with Gasteiger partial charge in [-0.25, -0.2) is 0 Å². The van der Waals surface area contributed by atoms with Crippen molar-refractivity contribution < 1.29 is 19.1 Å². The number of ether oxygens (including phenoxy) is 2. The smallest absolute Gasteiger partial charge is 0.293 e. The van der Waals surface area contributed by atoms with Crippen molar-refractivity contribution in [1.29, 1.82) is 0 Å². The second-order valence-corrected chi connectivity index (χ2v) is 9.72. The summed E-state index contributed by atoms with van der Waals surface area (Å²) in [5.74, 6) is 0.924. The number of benzene rings is 3. The van der Waals surface area contributed by atoms with Crippen LogP contribution >= 0.6 is 27.7 Å². The van der Waals surface area contributed by atoms with Gasteiger partial charge >= 0.3 is 0 Å². The fraction of sp³-hybridized carbons (Fsp3) is 0.185. The maximum atomic E-state index is 12.9. The first-order valence-corrected chi connectivity index (χ1v) is 12.5. The summed E-state index contributed by atoms with van der Waals surface area (Å²) in [6.07, 6.45) is 1.72. The van der Waals surface area contributed by atoms with Crippen LogP contribution in [0.5, 0.6) is 11.5 Å². The van der Waals surface area contributed by atoms with Gasteiger partial charge in [0.2, 0.25) is 0 Å². The molecule has 0 spiro atoms. The molecule has 34 heavy (non-hydrogen) atoms. The van der Waals surface area contributed by atoms with Crippen LogP contribution in [-0.4, -0.2) is 22.7 Å². The Morgan fingerprint density at radius 3 is 2.50 bits per heavy atom. The van der Waals surface area contributed by atoms with Crippen molar-refractivity contribution in [2.75, 3.05) is 6.61 Å². The Hall–Kier alpha value is -3.03. The largest absolute Gasteiger partial charge is 0.490 e. The number of thioether (sulfide) groups is 1. The highest BCUT2D eigenvalue weighted by Crippen LogP contribution is 2.35. The minimum absolute atomic E-state index is 0.234. The Balaban J connectivity index is 1.51. The lowest BCUT2D eigenvalue weighted by Crippen LogP contribution is -2.27. The lowest BCUT2D eigenvalue weighted by Gasteiger charge is -2.13. The van der Waals surface area contributed by atoms with E-state index in [0.717, 1.165) is 32.9 Å². The number of halogens is 1. The van der Waals surface area contributed by atoms with E-state index in [0.29, 0.717) is 29.6 Å². The van der Waals surface area contributed by atoms with Gasteiger partial charge in [-0.1, -0.05) is 64.0 Å². The van der Waals surface area contributed by atoms with Gasteiger partial charge in [0.05, 0.1) is 18.1 Å². The predicted octanol–water partition coefficient (Wildman–Crippen LogP) is 6.97. The molecule has 0 atom stereocenters. The minimum atomic E-state index is -0.298. The van der Waals surface area contributed by atoms with Gasteiger partial charge in [0.25, 0.3) is 11.1 Å². The Kier molecular flexibility index (Phi) is 7.75. The van der Waals surface area contributed by atoms with Crippen LogP contribution in [0.15, 0.2) is 76.1 Å². The van der Waals surface area contributed by atoms with Crippen LogP contribution in [0, 0.1) is 6.92 Å². The highest BCUT2D eigenvalue weighted by molar-refractivity contribution is 9.10.